The van der Waals surface area contributed by atoms with Crippen LogP contribution in [0.1, 0.15) is 12.0 Å². The second-order valence-corrected chi connectivity index (χ2v) is 4.51. The van der Waals surface area contributed by atoms with E-state index in [2.05, 4.69) is 21.3 Å². The molecule has 0 amide bonds. The van der Waals surface area contributed by atoms with Gasteiger partial charge in [0.1, 0.15) is 9.54 Å². The highest BCUT2D eigenvalue weighted by Gasteiger charge is 2.14. The number of hydrogen-bond acceptors (Lipinski definition) is 2. The molecule has 1 aliphatic heterocycles. The minimum atomic E-state index is 0.877. The van der Waals surface area contributed by atoms with Crippen molar-refractivity contribution >= 4 is 27.3 Å². The smallest absolute Gasteiger partial charge is 0.147 e. The van der Waals surface area contributed by atoms with Crippen LogP contribution in [-0.2, 0) is 6.42 Å². The molecule has 2 heterocycles. The molecular weight excluding hydrogens is 212 g/mol. The number of hydrogen-bond donors (Lipinski definition) is 0. The Morgan fingerprint density at radius 3 is 3.30 bits per heavy atom. The number of aryl methyl sites for hydroxylation is 1. The average molecular weight is 219 g/mol. The van der Waals surface area contributed by atoms with Gasteiger partial charge in [-0.2, -0.15) is 0 Å². The minimum Gasteiger partial charge on any atom is -0.491 e. The van der Waals surface area contributed by atoms with Crippen LogP contribution in [0.2, 0.25) is 0 Å². The Labute approximate surface area is 72.1 Å². The van der Waals surface area contributed by atoms with E-state index in [0.29, 0.717) is 0 Å². The number of rotatable bonds is 0. The largest absolute Gasteiger partial charge is 0.491 e. The summed E-state index contributed by atoms with van der Waals surface area (Å²) in [5.41, 5.74) is 1.36. The van der Waals surface area contributed by atoms with Gasteiger partial charge in [-0.25, -0.2) is 0 Å². The molecular formula is C7H7BrOS. The van der Waals surface area contributed by atoms with Crippen LogP contribution in [0.5, 0.6) is 5.75 Å². The van der Waals surface area contributed by atoms with E-state index < -0.39 is 0 Å². The summed E-state index contributed by atoms with van der Waals surface area (Å²) in [6, 6.07) is 0. The lowest BCUT2D eigenvalue weighted by molar-refractivity contribution is 0.288. The van der Waals surface area contributed by atoms with Gasteiger partial charge >= 0.3 is 0 Å². The van der Waals surface area contributed by atoms with Crippen LogP contribution in [-0.4, -0.2) is 6.61 Å². The molecule has 1 aromatic rings. The molecule has 0 aliphatic carbocycles. The first-order valence-electron chi connectivity index (χ1n) is 3.26. The van der Waals surface area contributed by atoms with Gasteiger partial charge in [0.25, 0.3) is 0 Å². The molecule has 54 valence electrons. The first-order valence-corrected chi connectivity index (χ1v) is 4.94. The monoisotopic (exact) mass is 218 g/mol. The zero-order chi connectivity index (χ0) is 6.97. The van der Waals surface area contributed by atoms with Gasteiger partial charge in [0.15, 0.2) is 0 Å². The molecule has 0 fully saturated rings. The molecule has 0 saturated carbocycles. The molecule has 0 atom stereocenters. The predicted octanol–water partition coefficient (Wildman–Crippen LogP) is 2.84. The van der Waals surface area contributed by atoms with Crippen LogP contribution >= 0.6 is 27.3 Å². The fourth-order valence-corrected chi connectivity index (χ4v) is 2.53. The molecule has 3 heteroatoms. The molecule has 0 N–H and O–H groups in total. The summed E-state index contributed by atoms with van der Waals surface area (Å²) in [5, 5.41) is 2.17. The van der Waals surface area contributed by atoms with Crippen LogP contribution < -0.4 is 4.74 Å². The lowest BCUT2D eigenvalue weighted by Gasteiger charge is -2.12. The molecule has 0 saturated heterocycles. The fourth-order valence-electron chi connectivity index (χ4n) is 1.11. The topological polar surface area (TPSA) is 9.23 Å². The number of ether oxygens (including phenoxy) is 1. The fraction of sp³-hybridized carbons (Fsp3) is 0.429. The first kappa shape index (κ1) is 6.68. The van der Waals surface area contributed by atoms with Crippen molar-refractivity contribution in [3.05, 3.63) is 14.7 Å². The number of thiophene rings is 1. The molecule has 0 radical (unpaired) electrons. The standard InChI is InChI=1S/C7H7BrOS/c8-7-6-5(4-10-7)2-1-3-9-6/h4H,1-3H2. The molecule has 1 aliphatic rings. The van der Waals surface area contributed by atoms with Gasteiger partial charge < -0.3 is 4.74 Å². The van der Waals surface area contributed by atoms with Crippen molar-refractivity contribution in [2.24, 2.45) is 0 Å². The van der Waals surface area contributed by atoms with Gasteiger partial charge in [0.2, 0.25) is 0 Å². The van der Waals surface area contributed by atoms with E-state index in [0.717, 1.165) is 22.6 Å². The first-order chi connectivity index (χ1) is 4.88. The Kier molecular flexibility index (Phi) is 1.70. The normalized spacial score (nSPS) is 16.1. The van der Waals surface area contributed by atoms with Crippen LogP contribution in [0.15, 0.2) is 9.17 Å². The summed E-state index contributed by atoms with van der Waals surface area (Å²) >= 11 is 5.16. The zero-order valence-corrected chi connectivity index (χ0v) is 7.80. The van der Waals surface area contributed by atoms with E-state index in [1.165, 1.54) is 12.0 Å². The summed E-state index contributed by atoms with van der Waals surface area (Å²) in [6.07, 6.45) is 2.34. The molecule has 1 nitrogen and oxygen atoms in total. The quantitative estimate of drug-likeness (QED) is 0.651. The Balaban J connectivity index is 2.45. The maximum Gasteiger partial charge on any atom is 0.147 e. The van der Waals surface area contributed by atoms with E-state index in [1.54, 1.807) is 11.3 Å². The third-order valence-electron chi connectivity index (χ3n) is 1.61. The molecule has 0 bridgehead atoms. The lowest BCUT2D eigenvalue weighted by Crippen LogP contribution is -2.06. The SMILES string of the molecule is Brc1scc2c1OCCC2. The average Bonchev–Trinajstić information content (AvgIpc) is 2.34. The Bertz CT molecular complexity index is 244. The molecule has 0 unspecified atom stereocenters. The highest BCUT2D eigenvalue weighted by atomic mass is 79.9. The van der Waals surface area contributed by atoms with Gasteiger partial charge in [-0.3, -0.25) is 0 Å². The van der Waals surface area contributed by atoms with E-state index in [1.807, 2.05) is 0 Å². The van der Waals surface area contributed by atoms with Gasteiger partial charge in [-0.05, 0) is 34.2 Å². The van der Waals surface area contributed by atoms with E-state index in [4.69, 9.17) is 4.74 Å². The lowest BCUT2D eigenvalue weighted by atomic mass is 10.1. The second-order valence-electron chi connectivity index (χ2n) is 2.32. The minimum absolute atomic E-state index is 0.877. The van der Waals surface area contributed by atoms with Crippen molar-refractivity contribution in [2.75, 3.05) is 6.61 Å². The zero-order valence-electron chi connectivity index (χ0n) is 5.39. The van der Waals surface area contributed by atoms with Crippen molar-refractivity contribution in [3.8, 4) is 5.75 Å². The summed E-state index contributed by atoms with van der Waals surface area (Å²) < 4.78 is 6.60. The Morgan fingerprint density at radius 2 is 2.50 bits per heavy atom. The Morgan fingerprint density at radius 1 is 1.60 bits per heavy atom. The maximum absolute atomic E-state index is 5.46. The molecule has 1 aromatic heterocycles. The number of fused-ring (bicyclic) bond motifs is 1. The molecule has 10 heavy (non-hydrogen) atoms. The van der Waals surface area contributed by atoms with Crippen molar-refractivity contribution in [2.45, 2.75) is 12.8 Å². The summed E-state index contributed by atoms with van der Waals surface area (Å²) in [5.74, 6) is 1.08. The van der Waals surface area contributed by atoms with E-state index >= 15 is 0 Å². The van der Waals surface area contributed by atoms with Gasteiger partial charge in [-0.15, -0.1) is 11.3 Å². The van der Waals surface area contributed by atoms with Gasteiger partial charge in [-0.1, -0.05) is 0 Å². The highest BCUT2D eigenvalue weighted by molar-refractivity contribution is 9.11. The van der Waals surface area contributed by atoms with E-state index in [9.17, 15) is 0 Å². The van der Waals surface area contributed by atoms with Crippen LogP contribution in [0, 0.1) is 0 Å². The van der Waals surface area contributed by atoms with Crippen molar-refractivity contribution in [1.82, 2.24) is 0 Å². The molecule has 0 aromatic carbocycles. The third-order valence-corrected chi connectivity index (χ3v) is 3.33. The van der Waals surface area contributed by atoms with Gasteiger partial charge in [0.05, 0.1) is 6.61 Å². The van der Waals surface area contributed by atoms with Gasteiger partial charge in [0, 0.05) is 5.56 Å². The van der Waals surface area contributed by atoms with Crippen molar-refractivity contribution in [3.63, 3.8) is 0 Å². The Hall–Kier alpha value is -0.0200. The predicted molar refractivity (Wildman–Crippen MR) is 45.8 cm³/mol. The van der Waals surface area contributed by atoms with Crippen molar-refractivity contribution < 1.29 is 4.74 Å². The summed E-state index contributed by atoms with van der Waals surface area (Å²) in [4.78, 5) is 0. The van der Waals surface area contributed by atoms with Crippen molar-refractivity contribution in [1.29, 1.82) is 0 Å². The van der Waals surface area contributed by atoms with Crippen LogP contribution in [0.4, 0.5) is 0 Å². The second kappa shape index (κ2) is 2.55. The summed E-state index contributed by atoms with van der Waals surface area (Å²) in [6.45, 7) is 0.877. The third kappa shape index (κ3) is 0.974. The van der Waals surface area contributed by atoms with Crippen LogP contribution in [0.3, 0.4) is 0 Å². The molecule has 0 spiro atoms. The maximum atomic E-state index is 5.46. The molecule has 2 rings (SSSR count). The highest BCUT2D eigenvalue weighted by Crippen LogP contribution is 2.38. The summed E-state index contributed by atoms with van der Waals surface area (Å²) in [7, 11) is 0. The van der Waals surface area contributed by atoms with Crippen LogP contribution in [0.25, 0.3) is 0 Å². The van der Waals surface area contributed by atoms with E-state index in [-0.39, 0.29) is 0 Å². The number of halogens is 1.